The molecular weight excluding hydrogens is 328 g/mol. The molecule has 0 saturated heterocycles. The summed E-state index contributed by atoms with van der Waals surface area (Å²) in [6.45, 7) is -0.208. The van der Waals surface area contributed by atoms with Gasteiger partial charge >= 0.3 is 12.2 Å². The molecule has 0 aliphatic carbocycles. The quantitative estimate of drug-likeness (QED) is 0.743. The number of aliphatic hydroxyl groups excluding tert-OH is 1. The third-order valence-corrected chi connectivity index (χ3v) is 3.26. The van der Waals surface area contributed by atoms with Crippen LogP contribution in [-0.2, 0) is 19.3 Å². The summed E-state index contributed by atoms with van der Waals surface area (Å²) in [5, 5.41) is 13.6. The van der Waals surface area contributed by atoms with Gasteiger partial charge in [-0.25, -0.2) is 9.18 Å². The van der Waals surface area contributed by atoms with Crippen LogP contribution in [0.3, 0.4) is 0 Å². The number of benzene rings is 2. The van der Waals surface area contributed by atoms with Crippen molar-refractivity contribution < 1.29 is 27.5 Å². The van der Waals surface area contributed by atoms with Crippen molar-refractivity contribution in [3.05, 3.63) is 65.0 Å². The predicted octanol–water partition coefficient (Wildman–Crippen LogP) is 3.66. The minimum atomic E-state index is -4.80. The van der Waals surface area contributed by atoms with Crippen LogP contribution in [0.1, 0.15) is 16.7 Å². The van der Waals surface area contributed by atoms with E-state index >= 15 is 0 Å². The topological polar surface area (TPSA) is 61.4 Å². The van der Waals surface area contributed by atoms with Crippen molar-refractivity contribution in [1.82, 2.24) is 5.32 Å². The van der Waals surface area contributed by atoms with Crippen molar-refractivity contribution in [3.63, 3.8) is 0 Å². The minimum absolute atomic E-state index is 0.0190. The number of nitrogens with one attached hydrogen (secondary N) is 2. The molecule has 0 spiro atoms. The lowest BCUT2D eigenvalue weighted by molar-refractivity contribution is -0.137. The Hall–Kier alpha value is -2.61. The monoisotopic (exact) mass is 342 g/mol. The number of halogens is 4. The molecule has 0 bridgehead atoms. The molecule has 0 saturated carbocycles. The summed E-state index contributed by atoms with van der Waals surface area (Å²) in [6.07, 6.45) is -4.80. The highest BCUT2D eigenvalue weighted by Gasteiger charge is 2.34. The van der Waals surface area contributed by atoms with E-state index in [2.05, 4.69) is 10.6 Å². The van der Waals surface area contributed by atoms with E-state index in [1.807, 2.05) is 0 Å². The highest BCUT2D eigenvalue weighted by molar-refractivity contribution is 5.90. The second kappa shape index (κ2) is 7.31. The zero-order valence-electron chi connectivity index (χ0n) is 12.3. The van der Waals surface area contributed by atoms with Gasteiger partial charge in [-0.1, -0.05) is 24.3 Å². The van der Waals surface area contributed by atoms with Gasteiger partial charge in [0.05, 0.1) is 17.9 Å². The molecule has 2 aromatic carbocycles. The first-order valence-corrected chi connectivity index (χ1v) is 6.90. The molecule has 0 aliphatic rings. The van der Waals surface area contributed by atoms with Crippen molar-refractivity contribution in [2.45, 2.75) is 19.3 Å². The first-order chi connectivity index (χ1) is 11.3. The summed E-state index contributed by atoms with van der Waals surface area (Å²) < 4.78 is 51.6. The highest BCUT2D eigenvalue weighted by atomic mass is 19.4. The molecule has 0 aromatic heterocycles. The largest absolute Gasteiger partial charge is 0.418 e. The van der Waals surface area contributed by atoms with Gasteiger partial charge in [0.1, 0.15) is 5.82 Å². The third kappa shape index (κ3) is 4.45. The van der Waals surface area contributed by atoms with Gasteiger partial charge in [-0.05, 0) is 29.3 Å². The van der Waals surface area contributed by atoms with Crippen LogP contribution in [0.25, 0.3) is 0 Å². The Balaban J connectivity index is 2.08. The maximum absolute atomic E-state index is 13.0. The van der Waals surface area contributed by atoms with Crippen molar-refractivity contribution in [3.8, 4) is 0 Å². The summed E-state index contributed by atoms with van der Waals surface area (Å²) >= 11 is 0. The fourth-order valence-electron chi connectivity index (χ4n) is 2.09. The number of amides is 2. The maximum Gasteiger partial charge on any atom is 0.418 e. The minimum Gasteiger partial charge on any atom is -0.392 e. The van der Waals surface area contributed by atoms with Crippen LogP contribution in [0, 0.1) is 5.82 Å². The van der Waals surface area contributed by atoms with Gasteiger partial charge < -0.3 is 15.7 Å². The normalized spacial score (nSPS) is 11.2. The van der Waals surface area contributed by atoms with Gasteiger partial charge in [0.15, 0.2) is 0 Å². The van der Waals surface area contributed by atoms with Crippen LogP contribution >= 0.6 is 0 Å². The molecule has 24 heavy (non-hydrogen) atoms. The molecule has 8 heteroatoms. The number of anilines is 1. The lowest BCUT2D eigenvalue weighted by Gasteiger charge is -2.15. The van der Waals surface area contributed by atoms with Crippen molar-refractivity contribution >= 4 is 11.7 Å². The van der Waals surface area contributed by atoms with E-state index < -0.39 is 29.3 Å². The Kier molecular flexibility index (Phi) is 5.40. The number of urea groups is 1. The lowest BCUT2D eigenvalue weighted by atomic mass is 10.1. The van der Waals surface area contributed by atoms with E-state index in [1.165, 1.54) is 0 Å². The third-order valence-electron chi connectivity index (χ3n) is 3.26. The molecular formula is C16H14F4N2O2. The number of alkyl halides is 3. The van der Waals surface area contributed by atoms with Gasteiger partial charge in [0.2, 0.25) is 0 Å². The highest BCUT2D eigenvalue weighted by Crippen LogP contribution is 2.35. The Morgan fingerprint density at radius 2 is 1.75 bits per heavy atom. The van der Waals surface area contributed by atoms with Crippen molar-refractivity contribution in [2.75, 3.05) is 5.32 Å². The molecule has 0 atom stereocenters. The predicted molar refractivity (Wildman–Crippen MR) is 79.6 cm³/mol. The molecule has 128 valence electrons. The second-order valence-electron chi connectivity index (χ2n) is 4.92. The van der Waals surface area contributed by atoms with E-state index in [0.717, 1.165) is 12.1 Å². The van der Waals surface area contributed by atoms with Crippen molar-refractivity contribution in [1.29, 1.82) is 0 Å². The van der Waals surface area contributed by atoms with E-state index in [1.54, 1.807) is 24.3 Å². The summed E-state index contributed by atoms with van der Waals surface area (Å²) in [5.41, 5.74) is -0.592. The molecule has 0 unspecified atom stereocenters. The van der Waals surface area contributed by atoms with Gasteiger partial charge in [-0.3, -0.25) is 0 Å². The molecule has 0 aliphatic heterocycles. The number of hydrogen-bond acceptors (Lipinski definition) is 2. The van der Waals surface area contributed by atoms with E-state index in [9.17, 15) is 27.5 Å². The summed E-state index contributed by atoms with van der Waals surface area (Å²) in [6, 6.07) is 7.86. The van der Waals surface area contributed by atoms with Gasteiger partial charge in [-0.2, -0.15) is 13.2 Å². The average Bonchev–Trinajstić information content (AvgIpc) is 2.54. The fraction of sp³-hybridized carbons (Fsp3) is 0.188. The van der Waals surface area contributed by atoms with E-state index in [-0.39, 0.29) is 13.2 Å². The first kappa shape index (κ1) is 17.7. The van der Waals surface area contributed by atoms with Crippen LogP contribution in [0.4, 0.5) is 28.0 Å². The summed E-state index contributed by atoms with van der Waals surface area (Å²) in [7, 11) is 0. The summed E-state index contributed by atoms with van der Waals surface area (Å²) in [5.74, 6) is -1.05. The Morgan fingerprint density at radius 1 is 1.08 bits per heavy atom. The van der Waals surface area contributed by atoms with Crippen LogP contribution in [0.15, 0.2) is 42.5 Å². The Morgan fingerprint density at radius 3 is 2.38 bits per heavy atom. The average molecular weight is 342 g/mol. The SMILES string of the molecule is O=C(NCc1ccccc1CO)Nc1ccc(F)cc1C(F)(F)F. The van der Waals surface area contributed by atoms with Gasteiger partial charge in [-0.15, -0.1) is 0 Å². The molecule has 3 N–H and O–H groups in total. The standard InChI is InChI=1S/C16H14F4N2O2/c17-12-5-6-14(13(7-12)16(18,19)20)22-15(24)21-8-10-3-1-2-4-11(10)9-23/h1-7,23H,8-9H2,(H2,21,22,24). The molecule has 0 fully saturated rings. The fourth-order valence-corrected chi connectivity index (χ4v) is 2.09. The zero-order valence-corrected chi connectivity index (χ0v) is 12.3. The molecule has 0 heterocycles. The molecule has 2 rings (SSSR count). The van der Waals surface area contributed by atoms with Crippen LogP contribution < -0.4 is 10.6 Å². The second-order valence-corrected chi connectivity index (χ2v) is 4.92. The number of carbonyl (C=O) groups excluding carboxylic acids is 1. The number of rotatable bonds is 4. The lowest BCUT2D eigenvalue weighted by Crippen LogP contribution is -2.29. The number of carbonyl (C=O) groups is 1. The Labute approximate surface area is 135 Å². The molecule has 4 nitrogen and oxygen atoms in total. The smallest absolute Gasteiger partial charge is 0.392 e. The Bertz CT molecular complexity index is 732. The van der Waals surface area contributed by atoms with Gasteiger partial charge in [0.25, 0.3) is 0 Å². The summed E-state index contributed by atoms with van der Waals surface area (Å²) in [4.78, 5) is 11.8. The van der Waals surface area contributed by atoms with Crippen LogP contribution in [-0.4, -0.2) is 11.1 Å². The molecule has 2 amide bonds. The molecule has 0 radical (unpaired) electrons. The van der Waals surface area contributed by atoms with Crippen molar-refractivity contribution in [2.24, 2.45) is 0 Å². The number of aliphatic hydroxyl groups is 1. The van der Waals surface area contributed by atoms with E-state index in [4.69, 9.17) is 0 Å². The van der Waals surface area contributed by atoms with E-state index in [0.29, 0.717) is 17.2 Å². The van der Waals surface area contributed by atoms with Crippen LogP contribution in [0.5, 0.6) is 0 Å². The van der Waals surface area contributed by atoms with Gasteiger partial charge in [0, 0.05) is 6.54 Å². The van der Waals surface area contributed by atoms with Crippen LogP contribution in [0.2, 0.25) is 0 Å². The first-order valence-electron chi connectivity index (χ1n) is 6.90. The zero-order chi connectivity index (χ0) is 17.7. The maximum atomic E-state index is 13.0. The number of hydrogen-bond donors (Lipinski definition) is 3. The molecule has 2 aromatic rings.